The number of rotatable bonds is 4. The third-order valence-corrected chi connectivity index (χ3v) is 2.85. The molecule has 2 N–H and O–H groups in total. The molecule has 100 valence electrons. The Labute approximate surface area is 117 Å². The number of para-hydroxylation sites is 1. The Hall–Kier alpha value is -2.80. The molecule has 2 aromatic carbocycles. The van der Waals surface area contributed by atoms with Crippen molar-refractivity contribution < 1.29 is 9.53 Å². The van der Waals surface area contributed by atoms with Crippen molar-refractivity contribution in [3.8, 4) is 6.07 Å². The number of carbonyl (C=O) groups is 1. The molecule has 0 saturated heterocycles. The maximum Gasteiger partial charge on any atom is 0.310 e. The predicted molar refractivity (Wildman–Crippen MR) is 75.5 cm³/mol. The Morgan fingerprint density at radius 1 is 1.20 bits per heavy atom. The lowest BCUT2D eigenvalue weighted by Crippen LogP contribution is -2.09. The van der Waals surface area contributed by atoms with E-state index in [2.05, 4.69) is 0 Å². The molecule has 0 fully saturated rings. The summed E-state index contributed by atoms with van der Waals surface area (Å²) >= 11 is 0. The fourth-order valence-corrected chi connectivity index (χ4v) is 1.80. The van der Waals surface area contributed by atoms with Gasteiger partial charge in [0.2, 0.25) is 0 Å². The van der Waals surface area contributed by atoms with Crippen LogP contribution >= 0.6 is 0 Å². The number of carbonyl (C=O) groups excluding carboxylic acids is 1. The smallest absolute Gasteiger partial charge is 0.310 e. The summed E-state index contributed by atoms with van der Waals surface area (Å²) in [6.45, 7) is 0.154. The second kappa shape index (κ2) is 6.39. The largest absolute Gasteiger partial charge is 0.461 e. The molecule has 4 heteroatoms. The molecule has 0 radical (unpaired) electrons. The Morgan fingerprint density at radius 2 is 2.00 bits per heavy atom. The molecule has 0 bridgehead atoms. The van der Waals surface area contributed by atoms with Crippen molar-refractivity contribution in [1.82, 2.24) is 0 Å². The van der Waals surface area contributed by atoms with Crippen LogP contribution in [0.2, 0.25) is 0 Å². The van der Waals surface area contributed by atoms with Crippen LogP contribution in [0.3, 0.4) is 0 Å². The van der Waals surface area contributed by atoms with Gasteiger partial charge in [-0.15, -0.1) is 0 Å². The zero-order valence-electron chi connectivity index (χ0n) is 10.9. The standard InChI is InChI=1S/C16H14N2O2/c17-10-12-4-3-5-13(8-12)11-20-16(19)9-14-6-1-2-7-15(14)18/h1-8H,9,11,18H2. The number of benzene rings is 2. The maximum atomic E-state index is 11.7. The molecular weight excluding hydrogens is 252 g/mol. The molecule has 4 nitrogen and oxygen atoms in total. The number of nitriles is 1. The van der Waals surface area contributed by atoms with E-state index in [9.17, 15) is 4.79 Å². The molecule has 20 heavy (non-hydrogen) atoms. The van der Waals surface area contributed by atoms with Gasteiger partial charge < -0.3 is 10.5 Å². The zero-order chi connectivity index (χ0) is 14.4. The molecule has 0 aliphatic carbocycles. The number of nitrogen functional groups attached to an aromatic ring is 1. The summed E-state index contributed by atoms with van der Waals surface area (Å²) in [6.07, 6.45) is 0.143. The first-order valence-electron chi connectivity index (χ1n) is 6.17. The molecule has 0 unspecified atom stereocenters. The van der Waals surface area contributed by atoms with Crippen molar-refractivity contribution in [2.45, 2.75) is 13.0 Å². The third kappa shape index (κ3) is 3.59. The van der Waals surface area contributed by atoms with E-state index < -0.39 is 0 Å². The van der Waals surface area contributed by atoms with Crippen molar-refractivity contribution in [3.63, 3.8) is 0 Å². The molecule has 2 aromatic rings. The molecule has 0 heterocycles. The quantitative estimate of drug-likeness (QED) is 0.681. The normalized spacial score (nSPS) is 9.75. The summed E-state index contributed by atoms with van der Waals surface area (Å²) in [5.41, 5.74) is 8.44. The van der Waals surface area contributed by atoms with Gasteiger partial charge in [0.05, 0.1) is 18.1 Å². The van der Waals surface area contributed by atoms with Gasteiger partial charge in [-0.2, -0.15) is 5.26 Å². The van der Waals surface area contributed by atoms with Crippen LogP contribution in [-0.2, 0) is 22.6 Å². The SMILES string of the molecule is N#Cc1cccc(COC(=O)Cc2ccccc2N)c1. The van der Waals surface area contributed by atoms with E-state index in [-0.39, 0.29) is 19.0 Å². The van der Waals surface area contributed by atoms with Crippen LogP contribution in [0.4, 0.5) is 5.69 Å². The van der Waals surface area contributed by atoms with E-state index in [1.54, 1.807) is 30.3 Å². The van der Waals surface area contributed by atoms with E-state index in [1.165, 1.54) is 0 Å². The predicted octanol–water partition coefficient (Wildman–Crippen LogP) is 2.43. The van der Waals surface area contributed by atoms with Crippen LogP contribution in [0.25, 0.3) is 0 Å². The van der Waals surface area contributed by atoms with Crippen molar-refractivity contribution in [1.29, 1.82) is 5.26 Å². The minimum absolute atomic E-state index is 0.143. The first-order chi connectivity index (χ1) is 9.69. The summed E-state index contributed by atoms with van der Waals surface area (Å²) in [6, 6.07) is 16.2. The van der Waals surface area contributed by atoms with Gasteiger partial charge in [-0.1, -0.05) is 30.3 Å². The lowest BCUT2D eigenvalue weighted by Gasteiger charge is -2.07. The topological polar surface area (TPSA) is 76.1 Å². The lowest BCUT2D eigenvalue weighted by molar-refractivity contribution is -0.144. The number of hydrogen-bond donors (Lipinski definition) is 1. The molecule has 0 amide bonds. The highest BCUT2D eigenvalue weighted by Gasteiger charge is 2.07. The van der Waals surface area contributed by atoms with Crippen molar-refractivity contribution in [3.05, 3.63) is 65.2 Å². The van der Waals surface area contributed by atoms with E-state index in [0.29, 0.717) is 11.3 Å². The van der Waals surface area contributed by atoms with Crippen molar-refractivity contribution >= 4 is 11.7 Å². The third-order valence-electron chi connectivity index (χ3n) is 2.85. The van der Waals surface area contributed by atoms with Gasteiger partial charge in [-0.05, 0) is 29.3 Å². The number of nitrogens with two attached hydrogens (primary N) is 1. The molecule has 0 spiro atoms. The number of esters is 1. The maximum absolute atomic E-state index is 11.7. The molecule has 0 atom stereocenters. The Kier molecular flexibility index (Phi) is 4.35. The Balaban J connectivity index is 1.93. The van der Waals surface area contributed by atoms with Gasteiger partial charge in [0.25, 0.3) is 0 Å². The van der Waals surface area contributed by atoms with Crippen LogP contribution in [-0.4, -0.2) is 5.97 Å². The minimum atomic E-state index is -0.342. The fraction of sp³-hybridized carbons (Fsp3) is 0.125. The van der Waals surface area contributed by atoms with Crippen LogP contribution in [0.15, 0.2) is 48.5 Å². The van der Waals surface area contributed by atoms with Gasteiger partial charge in [0, 0.05) is 5.69 Å². The summed E-state index contributed by atoms with van der Waals surface area (Å²) in [5.74, 6) is -0.342. The van der Waals surface area contributed by atoms with Gasteiger partial charge in [0.1, 0.15) is 6.61 Å². The van der Waals surface area contributed by atoms with Crippen LogP contribution in [0.1, 0.15) is 16.7 Å². The summed E-state index contributed by atoms with van der Waals surface area (Å²) in [4.78, 5) is 11.7. The molecule has 2 rings (SSSR count). The highest BCUT2D eigenvalue weighted by molar-refractivity contribution is 5.74. The highest BCUT2D eigenvalue weighted by Crippen LogP contribution is 2.12. The Morgan fingerprint density at radius 3 is 2.75 bits per heavy atom. The monoisotopic (exact) mass is 266 g/mol. The average molecular weight is 266 g/mol. The molecule has 0 saturated carbocycles. The number of hydrogen-bond acceptors (Lipinski definition) is 4. The minimum Gasteiger partial charge on any atom is -0.461 e. The molecule has 0 aliphatic heterocycles. The zero-order valence-corrected chi connectivity index (χ0v) is 10.9. The fourth-order valence-electron chi connectivity index (χ4n) is 1.80. The van der Waals surface area contributed by atoms with Crippen molar-refractivity contribution in [2.24, 2.45) is 0 Å². The van der Waals surface area contributed by atoms with Gasteiger partial charge in [-0.3, -0.25) is 4.79 Å². The summed E-state index contributed by atoms with van der Waals surface area (Å²) in [7, 11) is 0. The average Bonchev–Trinajstić information content (AvgIpc) is 2.48. The van der Waals surface area contributed by atoms with E-state index in [4.69, 9.17) is 15.7 Å². The summed E-state index contributed by atoms with van der Waals surface area (Å²) < 4.78 is 5.18. The Bertz CT molecular complexity index is 660. The van der Waals surface area contributed by atoms with Crippen molar-refractivity contribution in [2.75, 3.05) is 5.73 Å². The number of anilines is 1. The first kappa shape index (κ1) is 13.6. The van der Waals surface area contributed by atoms with Gasteiger partial charge in [-0.25, -0.2) is 0 Å². The number of ether oxygens (including phenoxy) is 1. The van der Waals surface area contributed by atoms with Gasteiger partial charge >= 0.3 is 5.97 Å². The van der Waals surface area contributed by atoms with Gasteiger partial charge in [0.15, 0.2) is 0 Å². The van der Waals surface area contributed by atoms with Crippen LogP contribution in [0, 0.1) is 11.3 Å². The van der Waals surface area contributed by atoms with E-state index >= 15 is 0 Å². The number of nitrogens with zero attached hydrogens (tertiary/aromatic N) is 1. The van der Waals surface area contributed by atoms with E-state index in [0.717, 1.165) is 11.1 Å². The molecular formula is C16H14N2O2. The second-order valence-electron chi connectivity index (χ2n) is 4.35. The lowest BCUT2D eigenvalue weighted by atomic mass is 10.1. The second-order valence-corrected chi connectivity index (χ2v) is 4.35. The first-order valence-corrected chi connectivity index (χ1v) is 6.17. The van der Waals surface area contributed by atoms with Crippen LogP contribution < -0.4 is 5.73 Å². The highest BCUT2D eigenvalue weighted by atomic mass is 16.5. The molecule has 0 aliphatic rings. The molecule has 0 aromatic heterocycles. The van der Waals surface area contributed by atoms with Crippen LogP contribution in [0.5, 0.6) is 0 Å². The summed E-state index contributed by atoms with van der Waals surface area (Å²) in [5, 5.41) is 8.79. The van der Waals surface area contributed by atoms with E-state index in [1.807, 2.05) is 24.3 Å².